The van der Waals surface area contributed by atoms with Crippen molar-refractivity contribution in [1.29, 1.82) is 0 Å². The molecule has 3 aromatic rings. The van der Waals surface area contributed by atoms with Crippen molar-refractivity contribution in [2.45, 2.75) is 13.5 Å². The molecule has 1 aromatic heterocycles. The SMILES string of the molecule is Cc1nc(-c2cccc(NCc3cc(Br)ccc3F)c2)n[nH]1. The molecule has 0 radical (unpaired) electrons. The summed E-state index contributed by atoms with van der Waals surface area (Å²) in [5.74, 6) is 1.19. The average Bonchev–Trinajstić information content (AvgIpc) is 2.95. The number of anilines is 1. The van der Waals surface area contributed by atoms with Crippen molar-refractivity contribution in [3.63, 3.8) is 0 Å². The van der Waals surface area contributed by atoms with Crippen molar-refractivity contribution < 1.29 is 4.39 Å². The molecule has 0 aliphatic carbocycles. The van der Waals surface area contributed by atoms with Crippen LogP contribution >= 0.6 is 15.9 Å². The topological polar surface area (TPSA) is 53.6 Å². The van der Waals surface area contributed by atoms with Gasteiger partial charge in [0.2, 0.25) is 0 Å². The molecular weight excluding hydrogens is 347 g/mol. The molecule has 0 saturated heterocycles. The molecule has 4 nitrogen and oxygen atoms in total. The lowest BCUT2D eigenvalue weighted by atomic mass is 10.1. The summed E-state index contributed by atoms with van der Waals surface area (Å²) in [4.78, 5) is 4.31. The molecule has 0 unspecified atom stereocenters. The van der Waals surface area contributed by atoms with Crippen molar-refractivity contribution >= 4 is 21.6 Å². The first kappa shape index (κ1) is 14.7. The highest BCUT2D eigenvalue weighted by atomic mass is 79.9. The molecule has 0 aliphatic rings. The Bertz CT molecular complexity index is 800. The van der Waals surface area contributed by atoms with Gasteiger partial charge in [0.15, 0.2) is 5.82 Å². The van der Waals surface area contributed by atoms with Crippen LogP contribution in [0.3, 0.4) is 0 Å². The first-order valence-electron chi connectivity index (χ1n) is 6.79. The summed E-state index contributed by atoms with van der Waals surface area (Å²) < 4.78 is 14.6. The van der Waals surface area contributed by atoms with Crippen LogP contribution in [-0.2, 0) is 6.54 Å². The van der Waals surface area contributed by atoms with E-state index in [1.165, 1.54) is 6.07 Å². The second kappa shape index (κ2) is 6.27. The number of nitrogens with one attached hydrogen (secondary N) is 2. The number of benzene rings is 2. The van der Waals surface area contributed by atoms with Gasteiger partial charge in [-0.25, -0.2) is 9.37 Å². The number of halogens is 2. The molecule has 112 valence electrons. The van der Waals surface area contributed by atoms with E-state index in [1.54, 1.807) is 12.1 Å². The van der Waals surface area contributed by atoms with Gasteiger partial charge in [0, 0.05) is 27.8 Å². The standard InChI is InChI=1S/C16H14BrFN4/c1-10-20-16(22-21-10)11-3-2-4-14(8-11)19-9-12-7-13(17)5-6-15(12)18/h2-8,19H,9H2,1H3,(H,20,21,22). The predicted molar refractivity (Wildman–Crippen MR) is 88.0 cm³/mol. The van der Waals surface area contributed by atoms with Crippen molar-refractivity contribution in [1.82, 2.24) is 15.2 Å². The summed E-state index contributed by atoms with van der Waals surface area (Å²) in [5, 5.41) is 10.2. The summed E-state index contributed by atoms with van der Waals surface area (Å²) >= 11 is 3.35. The van der Waals surface area contributed by atoms with E-state index in [9.17, 15) is 4.39 Å². The van der Waals surface area contributed by atoms with E-state index in [-0.39, 0.29) is 5.82 Å². The van der Waals surface area contributed by atoms with E-state index in [0.29, 0.717) is 17.9 Å². The number of aromatic nitrogens is 3. The lowest BCUT2D eigenvalue weighted by molar-refractivity contribution is 0.612. The number of aromatic amines is 1. The lowest BCUT2D eigenvalue weighted by Crippen LogP contribution is -2.02. The van der Waals surface area contributed by atoms with E-state index >= 15 is 0 Å². The smallest absolute Gasteiger partial charge is 0.181 e. The summed E-state index contributed by atoms with van der Waals surface area (Å²) in [7, 11) is 0. The van der Waals surface area contributed by atoms with Crippen molar-refractivity contribution in [3.8, 4) is 11.4 Å². The molecule has 0 fully saturated rings. The third kappa shape index (κ3) is 3.33. The van der Waals surface area contributed by atoms with E-state index in [0.717, 1.165) is 21.5 Å². The highest BCUT2D eigenvalue weighted by Gasteiger charge is 2.06. The zero-order valence-electron chi connectivity index (χ0n) is 11.9. The molecule has 0 atom stereocenters. The molecule has 3 rings (SSSR count). The maximum absolute atomic E-state index is 13.7. The Hall–Kier alpha value is -2.21. The van der Waals surface area contributed by atoms with Crippen molar-refractivity contribution in [2.24, 2.45) is 0 Å². The summed E-state index contributed by atoms with van der Waals surface area (Å²) in [6.07, 6.45) is 0. The van der Waals surface area contributed by atoms with Crippen LogP contribution in [-0.4, -0.2) is 15.2 Å². The first-order valence-corrected chi connectivity index (χ1v) is 7.58. The fourth-order valence-corrected chi connectivity index (χ4v) is 2.52. The van der Waals surface area contributed by atoms with Crippen molar-refractivity contribution in [2.75, 3.05) is 5.32 Å². The molecule has 1 heterocycles. The Morgan fingerprint density at radius 3 is 2.86 bits per heavy atom. The van der Waals surface area contributed by atoms with Crippen LogP contribution in [0.2, 0.25) is 0 Å². The van der Waals surface area contributed by atoms with Crippen molar-refractivity contribution in [3.05, 3.63) is 64.1 Å². The average molecular weight is 361 g/mol. The molecule has 0 amide bonds. The number of aryl methyl sites for hydroxylation is 1. The molecule has 0 aliphatic heterocycles. The van der Waals surface area contributed by atoms with Crippen LogP contribution < -0.4 is 5.32 Å². The minimum Gasteiger partial charge on any atom is -0.381 e. The van der Waals surface area contributed by atoms with Gasteiger partial charge >= 0.3 is 0 Å². The minimum atomic E-state index is -0.226. The number of H-pyrrole nitrogens is 1. The fraction of sp³-hybridized carbons (Fsp3) is 0.125. The summed E-state index contributed by atoms with van der Waals surface area (Å²) in [5.41, 5.74) is 2.40. The van der Waals surface area contributed by atoms with E-state index in [2.05, 4.69) is 36.4 Å². The van der Waals surface area contributed by atoms with Gasteiger partial charge in [-0.1, -0.05) is 28.1 Å². The van der Waals surface area contributed by atoms with Gasteiger partial charge in [0.1, 0.15) is 11.6 Å². The molecule has 0 spiro atoms. The molecule has 0 saturated carbocycles. The number of rotatable bonds is 4. The van der Waals surface area contributed by atoms with E-state index in [1.807, 2.05) is 31.2 Å². The molecule has 0 bridgehead atoms. The second-order valence-corrected chi connectivity index (χ2v) is 5.83. The van der Waals surface area contributed by atoms with Crippen LogP contribution in [0.1, 0.15) is 11.4 Å². The third-order valence-corrected chi connectivity index (χ3v) is 3.70. The van der Waals surface area contributed by atoms with Crippen LogP contribution in [0.25, 0.3) is 11.4 Å². The van der Waals surface area contributed by atoms with Gasteiger partial charge in [0.25, 0.3) is 0 Å². The first-order chi connectivity index (χ1) is 10.6. The van der Waals surface area contributed by atoms with Gasteiger partial charge in [-0.3, -0.25) is 5.10 Å². The molecular formula is C16H14BrFN4. The van der Waals surface area contributed by atoms with E-state index in [4.69, 9.17) is 0 Å². The Balaban J connectivity index is 1.77. The second-order valence-electron chi connectivity index (χ2n) is 4.91. The van der Waals surface area contributed by atoms with Gasteiger partial charge in [-0.05, 0) is 37.3 Å². The molecule has 22 heavy (non-hydrogen) atoms. The lowest BCUT2D eigenvalue weighted by Gasteiger charge is -2.09. The normalized spacial score (nSPS) is 10.7. The van der Waals surface area contributed by atoms with Crippen LogP contribution in [0.15, 0.2) is 46.9 Å². The van der Waals surface area contributed by atoms with Gasteiger partial charge < -0.3 is 5.32 Å². The molecule has 2 aromatic carbocycles. The minimum absolute atomic E-state index is 0.226. The maximum Gasteiger partial charge on any atom is 0.181 e. The highest BCUT2D eigenvalue weighted by molar-refractivity contribution is 9.10. The highest BCUT2D eigenvalue weighted by Crippen LogP contribution is 2.21. The van der Waals surface area contributed by atoms with E-state index < -0.39 is 0 Å². The van der Waals surface area contributed by atoms with Gasteiger partial charge in [-0.2, -0.15) is 5.10 Å². The predicted octanol–water partition coefficient (Wildman–Crippen LogP) is 4.29. The van der Waals surface area contributed by atoms with Gasteiger partial charge in [0.05, 0.1) is 0 Å². The van der Waals surface area contributed by atoms with Gasteiger partial charge in [-0.15, -0.1) is 0 Å². The van der Waals surface area contributed by atoms with Crippen LogP contribution in [0.4, 0.5) is 10.1 Å². The largest absolute Gasteiger partial charge is 0.381 e. The number of hydrogen-bond acceptors (Lipinski definition) is 3. The summed E-state index contributed by atoms with van der Waals surface area (Å²) in [6, 6.07) is 12.6. The zero-order valence-corrected chi connectivity index (χ0v) is 13.5. The molecule has 2 N–H and O–H groups in total. The maximum atomic E-state index is 13.7. The Morgan fingerprint density at radius 1 is 1.23 bits per heavy atom. The Kier molecular flexibility index (Phi) is 4.20. The monoisotopic (exact) mass is 360 g/mol. The number of hydrogen-bond donors (Lipinski definition) is 2. The number of nitrogens with zero attached hydrogens (tertiary/aromatic N) is 2. The molecule has 6 heteroatoms. The summed E-state index contributed by atoms with van der Waals surface area (Å²) in [6.45, 7) is 2.26. The fourth-order valence-electron chi connectivity index (χ4n) is 2.12. The van der Waals surface area contributed by atoms with Crippen LogP contribution in [0, 0.1) is 12.7 Å². The third-order valence-electron chi connectivity index (χ3n) is 3.21. The Labute approximate surface area is 135 Å². The quantitative estimate of drug-likeness (QED) is 0.729. The van der Waals surface area contributed by atoms with Crippen LogP contribution in [0.5, 0.6) is 0 Å². The zero-order chi connectivity index (χ0) is 15.5. The Morgan fingerprint density at radius 2 is 2.09 bits per heavy atom.